The Morgan fingerprint density at radius 1 is 1.40 bits per heavy atom. The zero-order valence-electron chi connectivity index (χ0n) is 7.59. The minimum Gasteiger partial charge on any atom is -0.463 e. The molecular formula is C9H7ClN4O. The van der Waals surface area contributed by atoms with E-state index in [-0.39, 0.29) is 5.15 Å². The Labute approximate surface area is 90.8 Å². The summed E-state index contributed by atoms with van der Waals surface area (Å²) in [5, 5.41) is 4.16. The van der Waals surface area contributed by atoms with Gasteiger partial charge in [-0.2, -0.15) is 5.10 Å². The summed E-state index contributed by atoms with van der Waals surface area (Å²) < 4.78 is 5.04. The first-order valence-corrected chi connectivity index (χ1v) is 4.53. The SMILES string of the molecule is Clc1nccnc1N/N=C\c1ccco1. The van der Waals surface area contributed by atoms with Crippen LogP contribution >= 0.6 is 11.6 Å². The van der Waals surface area contributed by atoms with Crippen molar-refractivity contribution in [2.45, 2.75) is 0 Å². The lowest BCUT2D eigenvalue weighted by Gasteiger charge is -1.98. The maximum absolute atomic E-state index is 5.75. The zero-order chi connectivity index (χ0) is 10.5. The van der Waals surface area contributed by atoms with Crippen molar-refractivity contribution < 1.29 is 4.42 Å². The molecule has 76 valence electrons. The lowest BCUT2D eigenvalue weighted by molar-refractivity contribution is 0.560. The monoisotopic (exact) mass is 222 g/mol. The van der Waals surface area contributed by atoms with Crippen LogP contribution in [0.2, 0.25) is 5.15 Å². The van der Waals surface area contributed by atoms with E-state index in [1.807, 2.05) is 0 Å². The van der Waals surface area contributed by atoms with Crippen molar-refractivity contribution in [1.82, 2.24) is 9.97 Å². The Hall–Kier alpha value is -1.88. The molecule has 0 unspecified atom stereocenters. The molecule has 0 saturated carbocycles. The van der Waals surface area contributed by atoms with Crippen molar-refractivity contribution in [3.05, 3.63) is 41.7 Å². The third-order valence-corrected chi connectivity index (χ3v) is 1.84. The molecule has 0 amide bonds. The number of hydrogen-bond acceptors (Lipinski definition) is 5. The molecule has 0 fully saturated rings. The van der Waals surface area contributed by atoms with E-state index in [2.05, 4.69) is 20.5 Å². The number of anilines is 1. The number of hydrogen-bond donors (Lipinski definition) is 1. The fourth-order valence-corrected chi connectivity index (χ4v) is 1.07. The normalized spacial score (nSPS) is 10.7. The molecule has 6 heteroatoms. The third-order valence-electron chi connectivity index (χ3n) is 1.56. The first-order valence-electron chi connectivity index (χ1n) is 4.15. The van der Waals surface area contributed by atoms with E-state index in [1.54, 1.807) is 18.4 Å². The molecule has 2 aromatic rings. The third kappa shape index (κ3) is 2.54. The molecule has 2 rings (SSSR count). The molecule has 0 atom stereocenters. The van der Waals surface area contributed by atoms with Gasteiger partial charge in [-0.25, -0.2) is 9.97 Å². The summed E-state index contributed by atoms with van der Waals surface area (Å²) >= 11 is 5.75. The molecular weight excluding hydrogens is 216 g/mol. The molecule has 0 aliphatic carbocycles. The highest BCUT2D eigenvalue weighted by Gasteiger charge is 1.98. The summed E-state index contributed by atoms with van der Waals surface area (Å²) in [5.41, 5.74) is 2.66. The number of aromatic nitrogens is 2. The van der Waals surface area contributed by atoms with Gasteiger partial charge in [0.05, 0.1) is 12.5 Å². The zero-order valence-corrected chi connectivity index (χ0v) is 8.35. The lowest BCUT2D eigenvalue weighted by atomic mass is 10.5. The van der Waals surface area contributed by atoms with Crippen LogP contribution in [0.5, 0.6) is 0 Å². The van der Waals surface area contributed by atoms with Crippen LogP contribution in [0.3, 0.4) is 0 Å². The highest BCUT2D eigenvalue weighted by Crippen LogP contribution is 2.13. The number of hydrazone groups is 1. The number of halogens is 1. The number of furan rings is 1. The molecule has 0 radical (unpaired) electrons. The van der Waals surface area contributed by atoms with Gasteiger partial charge in [-0.1, -0.05) is 11.6 Å². The van der Waals surface area contributed by atoms with Gasteiger partial charge in [0.25, 0.3) is 0 Å². The van der Waals surface area contributed by atoms with Gasteiger partial charge in [0.1, 0.15) is 5.76 Å². The van der Waals surface area contributed by atoms with Crippen LogP contribution in [0.15, 0.2) is 40.3 Å². The smallest absolute Gasteiger partial charge is 0.184 e. The van der Waals surface area contributed by atoms with Crippen LogP contribution in [0, 0.1) is 0 Å². The summed E-state index contributed by atoms with van der Waals surface area (Å²) in [6, 6.07) is 3.56. The van der Waals surface area contributed by atoms with Crippen LogP contribution < -0.4 is 5.43 Å². The van der Waals surface area contributed by atoms with Crippen LogP contribution in [0.4, 0.5) is 5.82 Å². The van der Waals surface area contributed by atoms with Gasteiger partial charge >= 0.3 is 0 Å². The fraction of sp³-hybridized carbons (Fsp3) is 0. The molecule has 0 aromatic carbocycles. The molecule has 5 nitrogen and oxygen atoms in total. The highest BCUT2D eigenvalue weighted by atomic mass is 35.5. The summed E-state index contributed by atoms with van der Waals surface area (Å²) in [5.74, 6) is 1.05. The van der Waals surface area contributed by atoms with Gasteiger partial charge in [0, 0.05) is 12.4 Å². The van der Waals surface area contributed by atoms with Gasteiger partial charge in [-0.15, -0.1) is 0 Å². The summed E-state index contributed by atoms with van der Waals surface area (Å²) in [6.07, 6.45) is 6.11. The second-order valence-electron chi connectivity index (χ2n) is 2.58. The van der Waals surface area contributed by atoms with E-state index in [4.69, 9.17) is 16.0 Å². The standard InChI is InChI=1S/C9H7ClN4O/c10-8-9(12-4-3-11-8)14-13-6-7-2-1-5-15-7/h1-6H,(H,12,14)/b13-6-. The van der Waals surface area contributed by atoms with Crippen molar-refractivity contribution in [1.29, 1.82) is 0 Å². The fourth-order valence-electron chi connectivity index (χ4n) is 0.918. The Balaban J connectivity index is 2.02. The van der Waals surface area contributed by atoms with Gasteiger partial charge in [0.15, 0.2) is 11.0 Å². The topological polar surface area (TPSA) is 63.3 Å². The first-order chi connectivity index (χ1) is 7.36. The predicted molar refractivity (Wildman–Crippen MR) is 57.0 cm³/mol. The molecule has 1 N–H and O–H groups in total. The average Bonchev–Trinajstić information content (AvgIpc) is 2.74. The van der Waals surface area contributed by atoms with Gasteiger partial charge in [-0.05, 0) is 12.1 Å². The lowest BCUT2D eigenvalue weighted by Crippen LogP contribution is -1.94. The van der Waals surface area contributed by atoms with E-state index in [0.717, 1.165) is 0 Å². The average molecular weight is 223 g/mol. The highest BCUT2D eigenvalue weighted by molar-refractivity contribution is 6.31. The Kier molecular flexibility index (Phi) is 2.94. The van der Waals surface area contributed by atoms with E-state index >= 15 is 0 Å². The van der Waals surface area contributed by atoms with Crippen LogP contribution in [-0.2, 0) is 0 Å². The van der Waals surface area contributed by atoms with Crippen molar-refractivity contribution in [3.63, 3.8) is 0 Å². The van der Waals surface area contributed by atoms with Crippen LogP contribution in [-0.4, -0.2) is 16.2 Å². The van der Waals surface area contributed by atoms with E-state index in [1.165, 1.54) is 18.6 Å². The summed E-state index contributed by atoms with van der Waals surface area (Å²) in [6.45, 7) is 0. The molecule has 15 heavy (non-hydrogen) atoms. The van der Waals surface area contributed by atoms with Crippen LogP contribution in [0.1, 0.15) is 5.76 Å². The van der Waals surface area contributed by atoms with Crippen LogP contribution in [0.25, 0.3) is 0 Å². The van der Waals surface area contributed by atoms with Crippen molar-refractivity contribution in [2.75, 3.05) is 5.43 Å². The second kappa shape index (κ2) is 4.56. The Bertz CT molecular complexity index is 455. The largest absolute Gasteiger partial charge is 0.463 e. The van der Waals surface area contributed by atoms with Crippen molar-refractivity contribution in [3.8, 4) is 0 Å². The second-order valence-corrected chi connectivity index (χ2v) is 2.94. The van der Waals surface area contributed by atoms with E-state index < -0.39 is 0 Å². The molecule has 0 saturated heterocycles. The Morgan fingerprint density at radius 2 is 2.27 bits per heavy atom. The van der Waals surface area contributed by atoms with Crippen molar-refractivity contribution >= 4 is 23.6 Å². The predicted octanol–water partition coefficient (Wildman–Crippen LogP) is 2.17. The number of rotatable bonds is 3. The minimum absolute atomic E-state index is 0.272. The number of nitrogens with one attached hydrogen (secondary N) is 1. The molecule has 0 bridgehead atoms. The minimum atomic E-state index is 0.272. The first kappa shape index (κ1) is 9.67. The molecule has 2 heterocycles. The molecule has 2 aromatic heterocycles. The van der Waals surface area contributed by atoms with Gasteiger partial charge < -0.3 is 4.42 Å². The van der Waals surface area contributed by atoms with Gasteiger partial charge in [-0.3, -0.25) is 5.43 Å². The quantitative estimate of drug-likeness (QED) is 0.639. The summed E-state index contributed by atoms with van der Waals surface area (Å²) in [7, 11) is 0. The van der Waals surface area contributed by atoms with E-state index in [0.29, 0.717) is 11.6 Å². The molecule has 0 aliphatic heterocycles. The molecule has 0 spiro atoms. The molecule has 0 aliphatic rings. The Morgan fingerprint density at radius 3 is 3.00 bits per heavy atom. The van der Waals surface area contributed by atoms with E-state index in [9.17, 15) is 0 Å². The number of nitrogens with zero attached hydrogens (tertiary/aromatic N) is 3. The van der Waals surface area contributed by atoms with Gasteiger partial charge in [0.2, 0.25) is 0 Å². The van der Waals surface area contributed by atoms with Crippen molar-refractivity contribution in [2.24, 2.45) is 5.10 Å². The maximum Gasteiger partial charge on any atom is 0.184 e. The summed E-state index contributed by atoms with van der Waals surface area (Å²) in [4.78, 5) is 7.79. The maximum atomic E-state index is 5.75.